The summed E-state index contributed by atoms with van der Waals surface area (Å²) in [6.45, 7) is 3.60. The normalized spacial score (nSPS) is 25.0. The van der Waals surface area contributed by atoms with Gasteiger partial charge in [0.1, 0.15) is 5.82 Å². The molecule has 98 valence electrons. The summed E-state index contributed by atoms with van der Waals surface area (Å²) < 4.78 is 12.8. The first-order valence-corrected chi connectivity index (χ1v) is 6.27. The number of likely N-dealkylation sites (tertiary alicyclic amines) is 1. The standard InChI is InChI=1S/C14H18FNO2/c1-10-8-12(14(17)18)6-7-16(10)9-11-2-4-13(15)5-3-11/h2-5,10,12H,6-9H2,1H3,(H,17,18). The highest BCUT2D eigenvalue weighted by molar-refractivity contribution is 5.70. The van der Waals surface area contributed by atoms with E-state index in [0.29, 0.717) is 12.8 Å². The van der Waals surface area contributed by atoms with Crippen LogP contribution in [-0.2, 0) is 11.3 Å². The number of carboxylic acid groups (broad SMARTS) is 1. The number of nitrogens with zero attached hydrogens (tertiary/aromatic N) is 1. The van der Waals surface area contributed by atoms with Crippen molar-refractivity contribution in [2.45, 2.75) is 32.4 Å². The Bertz CT molecular complexity index is 418. The molecule has 1 aromatic carbocycles. The van der Waals surface area contributed by atoms with Crippen LogP contribution in [0.1, 0.15) is 25.3 Å². The summed E-state index contributed by atoms with van der Waals surface area (Å²) in [7, 11) is 0. The minimum Gasteiger partial charge on any atom is -0.481 e. The molecular formula is C14H18FNO2. The summed E-state index contributed by atoms with van der Waals surface area (Å²) in [4.78, 5) is 13.2. The third kappa shape index (κ3) is 3.07. The lowest BCUT2D eigenvalue weighted by molar-refractivity contribution is -0.144. The van der Waals surface area contributed by atoms with Crippen LogP contribution in [0.5, 0.6) is 0 Å². The molecule has 0 radical (unpaired) electrons. The van der Waals surface area contributed by atoms with E-state index in [1.807, 2.05) is 0 Å². The summed E-state index contributed by atoms with van der Waals surface area (Å²) in [6, 6.07) is 6.75. The van der Waals surface area contributed by atoms with Crippen LogP contribution in [0.4, 0.5) is 4.39 Å². The molecule has 2 unspecified atom stereocenters. The summed E-state index contributed by atoms with van der Waals surface area (Å²) in [5, 5.41) is 9.00. The number of aliphatic carboxylic acids is 1. The van der Waals surface area contributed by atoms with E-state index in [0.717, 1.165) is 18.7 Å². The lowest BCUT2D eigenvalue weighted by Crippen LogP contribution is -2.42. The fourth-order valence-corrected chi connectivity index (χ4v) is 2.50. The fourth-order valence-electron chi connectivity index (χ4n) is 2.50. The molecule has 0 aliphatic carbocycles. The SMILES string of the molecule is CC1CC(C(=O)O)CCN1Cc1ccc(F)cc1. The molecule has 18 heavy (non-hydrogen) atoms. The van der Waals surface area contributed by atoms with E-state index < -0.39 is 5.97 Å². The Hall–Kier alpha value is -1.42. The fraction of sp³-hybridized carbons (Fsp3) is 0.500. The molecule has 3 nitrogen and oxygen atoms in total. The summed E-state index contributed by atoms with van der Waals surface area (Å²) in [5.74, 6) is -1.14. The quantitative estimate of drug-likeness (QED) is 0.897. The maximum atomic E-state index is 12.8. The van der Waals surface area contributed by atoms with E-state index in [9.17, 15) is 9.18 Å². The van der Waals surface area contributed by atoms with E-state index >= 15 is 0 Å². The first-order valence-electron chi connectivity index (χ1n) is 6.27. The van der Waals surface area contributed by atoms with Crippen molar-refractivity contribution in [2.75, 3.05) is 6.54 Å². The molecule has 4 heteroatoms. The van der Waals surface area contributed by atoms with Crippen molar-refractivity contribution in [1.29, 1.82) is 0 Å². The van der Waals surface area contributed by atoms with Crippen LogP contribution in [0, 0.1) is 11.7 Å². The van der Waals surface area contributed by atoms with Crippen LogP contribution < -0.4 is 0 Å². The van der Waals surface area contributed by atoms with E-state index in [1.165, 1.54) is 12.1 Å². The predicted octanol–water partition coefficient (Wildman–Crippen LogP) is 2.51. The van der Waals surface area contributed by atoms with Crippen LogP contribution >= 0.6 is 0 Å². The first-order chi connectivity index (χ1) is 8.56. The average molecular weight is 251 g/mol. The van der Waals surface area contributed by atoms with Crippen LogP contribution in [0.25, 0.3) is 0 Å². The van der Waals surface area contributed by atoms with Crippen LogP contribution in [0.2, 0.25) is 0 Å². The second-order valence-electron chi connectivity index (χ2n) is 5.01. The zero-order valence-corrected chi connectivity index (χ0v) is 10.5. The Morgan fingerprint density at radius 3 is 2.67 bits per heavy atom. The number of hydrogen-bond acceptors (Lipinski definition) is 2. The maximum absolute atomic E-state index is 12.8. The van der Waals surface area contributed by atoms with Gasteiger partial charge in [-0.2, -0.15) is 0 Å². The second kappa shape index (κ2) is 5.48. The van der Waals surface area contributed by atoms with E-state index in [1.54, 1.807) is 12.1 Å². The number of rotatable bonds is 3. The van der Waals surface area contributed by atoms with Gasteiger partial charge in [0.2, 0.25) is 0 Å². The van der Waals surface area contributed by atoms with Crippen molar-refractivity contribution in [3.05, 3.63) is 35.6 Å². The number of benzene rings is 1. The van der Waals surface area contributed by atoms with E-state index in [2.05, 4.69) is 11.8 Å². The van der Waals surface area contributed by atoms with E-state index in [-0.39, 0.29) is 17.8 Å². The number of hydrogen-bond donors (Lipinski definition) is 1. The molecule has 1 N–H and O–H groups in total. The number of carboxylic acids is 1. The van der Waals surface area contributed by atoms with Crippen molar-refractivity contribution in [1.82, 2.24) is 4.90 Å². The summed E-state index contributed by atoms with van der Waals surface area (Å²) >= 11 is 0. The Labute approximate surface area is 106 Å². The van der Waals surface area contributed by atoms with Crippen molar-refractivity contribution < 1.29 is 14.3 Å². The smallest absolute Gasteiger partial charge is 0.306 e. The van der Waals surface area contributed by atoms with Gasteiger partial charge in [-0.3, -0.25) is 9.69 Å². The molecule has 0 spiro atoms. The molecule has 2 atom stereocenters. The van der Waals surface area contributed by atoms with Gasteiger partial charge >= 0.3 is 5.97 Å². The predicted molar refractivity (Wildman–Crippen MR) is 66.6 cm³/mol. The molecule has 2 rings (SSSR count). The van der Waals surface area contributed by atoms with Crippen molar-refractivity contribution in [3.63, 3.8) is 0 Å². The Kier molecular flexibility index (Phi) is 3.97. The maximum Gasteiger partial charge on any atom is 0.306 e. The van der Waals surface area contributed by atoms with Crippen LogP contribution in [0.3, 0.4) is 0 Å². The number of carbonyl (C=O) groups is 1. The lowest BCUT2D eigenvalue weighted by Gasteiger charge is -2.36. The monoisotopic (exact) mass is 251 g/mol. The largest absolute Gasteiger partial charge is 0.481 e. The van der Waals surface area contributed by atoms with Gasteiger partial charge in [-0.1, -0.05) is 12.1 Å². The third-order valence-electron chi connectivity index (χ3n) is 3.66. The molecule has 1 aliphatic rings. The first kappa shape index (κ1) is 13.0. The van der Waals surface area contributed by atoms with Crippen molar-refractivity contribution >= 4 is 5.97 Å². The van der Waals surface area contributed by atoms with Crippen molar-refractivity contribution in [3.8, 4) is 0 Å². The third-order valence-corrected chi connectivity index (χ3v) is 3.66. The highest BCUT2D eigenvalue weighted by Crippen LogP contribution is 2.24. The minimum absolute atomic E-state index is 0.218. The van der Waals surface area contributed by atoms with E-state index in [4.69, 9.17) is 5.11 Å². The number of piperidine rings is 1. The van der Waals surface area contributed by atoms with Gasteiger partial charge in [0.25, 0.3) is 0 Å². The highest BCUT2D eigenvalue weighted by Gasteiger charge is 2.29. The molecule has 0 amide bonds. The van der Waals surface area contributed by atoms with Gasteiger partial charge in [0, 0.05) is 12.6 Å². The Morgan fingerprint density at radius 1 is 1.44 bits per heavy atom. The van der Waals surface area contributed by atoms with Gasteiger partial charge in [0.05, 0.1) is 5.92 Å². The molecule has 1 fully saturated rings. The molecule has 0 bridgehead atoms. The number of halogens is 1. The molecule has 1 aromatic rings. The van der Waals surface area contributed by atoms with Gasteiger partial charge < -0.3 is 5.11 Å². The van der Waals surface area contributed by atoms with Gasteiger partial charge in [-0.15, -0.1) is 0 Å². The highest BCUT2D eigenvalue weighted by atomic mass is 19.1. The lowest BCUT2D eigenvalue weighted by atomic mass is 9.91. The topological polar surface area (TPSA) is 40.5 Å². The zero-order valence-electron chi connectivity index (χ0n) is 10.5. The molecule has 1 heterocycles. The Morgan fingerprint density at radius 2 is 2.11 bits per heavy atom. The summed E-state index contributed by atoms with van der Waals surface area (Å²) in [5.41, 5.74) is 1.07. The van der Waals surface area contributed by atoms with Crippen molar-refractivity contribution in [2.24, 2.45) is 5.92 Å². The molecule has 0 saturated carbocycles. The van der Waals surface area contributed by atoms with Gasteiger partial charge in [-0.25, -0.2) is 4.39 Å². The van der Waals surface area contributed by atoms with Gasteiger partial charge in [-0.05, 0) is 44.0 Å². The minimum atomic E-state index is -0.691. The second-order valence-corrected chi connectivity index (χ2v) is 5.01. The average Bonchev–Trinajstić information content (AvgIpc) is 2.34. The Balaban J connectivity index is 1.95. The van der Waals surface area contributed by atoms with Crippen LogP contribution in [0.15, 0.2) is 24.3 Å². The summed E-state index contributed by atoms with van der Waals surface area (Å²) in [6.07, 6.45) is 1.39. The molecule has 1 aliphatic heterocycles. The molecule has 0 aromatic heterocycles. The molecular weight excluding hydrogens is 233 g/mol. The van der Waals surface area contributed by atoms with Crippen LogP contribution in [-0.4, -0.2) is 28.6 Å². The zero-order chi connectivity index (χ0) is 13.1. The molecule has 1 saturated heterocycles. The van der Waals surface area contributed by atoms with Gasteiger partial charge in [0.15, 0.2) is 0 Å².